The van der Waals surface area contributed by atoms with E-state index in [1.54, 1.807) is 12.4 Å². The van der Waals surface area contributed by atoms with Gasteiger partial charge in [0.15, 0.2) is 12.4 Å². The van der Waals surface area contributed by atoms with Crippen molar-refractivity contribution in [3.63, 3.8) is 0 Å². The molecular formula is C24H22N4O3. The van der Waals surface area contributed by atoms with Crippen LogP contribution in [0.25, 0.3) is 11.5 Å². The number of hydrogen-bond donors (Lipinski definition) is 1. The largest absolute Gasteiger partial charge is 0.489 e. The lowest BCUT2D eigenvalue weighted by atomic mass is 10.2. The first kappa shape index (κ1) is 20.2. The van der Waals surface area contributed by atoms with Crippen LogP contribution in [0.15, 0.2) is 88.7 Å². The molecule has 31 heavy (non-hydrogen) atoms. The van der Waals surface area contributed by atoms with Crippen molar-refractivity contribution >= 4 is 5.84 Å². The Bertz CT molecular complexity index is 1160. The van der Waals surface area contributed by atoms with E-state index in [2.05, 4.69) is 15.1 Å². The molecule has 0 radical (unpaired) electrons. The second-order valence-corrected chi connectivity index (χ2v) is 6.82. The monoisotopic (exact) mass is 414 g/mol. The lowest BCUT2D eigenvalue weighted by Gasteiger charge is -2.08. The van der Waals surface area contributed by atoms with Crippen molar-refractivity contribution in [2.45, 2.75) is 20.1 Å². The van der Waals surface area contributed by atoms with E-state index in [4.69, 9.17) is 19.7 Å². The molecule has 156 valence electrons. The molecule has 2 aromatic heterocycles. The van der Waals surface area contributed by atoms with Gasteiger partial charge in [0, 0.05) is 29.1 Å². The summed E-state index contributed by atoms with van der Waals surface area (Å²) in [6, 6.07) is 20.9. The summed E-state index contributed by atoms with van der Waals surface area (Å²) in [5, 5.41) is 4.02. The summed E-state index contributed by atoms with van der Waals surface area (Å²) in [7, 11) is 0. The number of nitrogens with two attached hydrogens (primary N) is 1. The molecule has 2 aromatic carbocycles. The van der Waals surface area contributed by atoms with Crippen molar-refractivity contribution in [1.29, 1.82) is 0 Å². The van der Waals surface area contributed by atoms with Crippen LogP contribution in [0.5, 0.6) is 5.75 Å². The number of amidine groups is 1. The number of oxazole rings is 1. The molecule has 4 aromatic rings. The van der Waals surface area contributed by atoms with Crippen molar-refractivity contribution in [3.8, 4) is 17.2 Å². The Labute approximate surface area is 180 Å². The Morgan fingerprint density at radius 1 is 1.03 bits per heavy atom. The zero-order valence-corrected chi connectivity index (χ0v) is 17.1. The highest BCUT2D eigenvalue weighted by Crippen LogP contribution is 2.22. The average Bonchev–Trinajstić information content (AvgIpc) is 3.19. The van der Waals surface area contributed by atoms with Crippen LogP contribution in [-0.2, 0) is 18.1 Å². The minimum atomic E-state index is 0.153. The Morgan fingerprint density at radius 3 is 2.71 bits per heavy atom. The van der Waals surface area contributed by atoms with E-state index in [-0.39, 0.29) is 12.4 Å². The molecule has 0 aliphatic rings. The van der Waals surface area contributed by atoms with Crippen molar-refractivity contribution in [2.75, 3.05) is 0 Å². The fraction of sp³-hybridized carbons (Fsp3) is 0.125. The van der Waals surface area contributed by atoms with Gasteiger partial charge in [-0.3, -0.25) is 4.98 Å². The molecule has 7 nitrogen and oxygen atoms in total. The van der Waals surface area contributed by atoms with Gasteiger partial charge in [-0.15, -0.1) is 0 Å². The maximum atomic E-state index is 6.09. The van der Waals surface area contributed by atoms with Gasteiger partial charge in [-0.2, -0.15) is 0 Å². The minimum Gasteiger partial charge on any atom is -0.489 e. The van der Waals surface area contributed by atoms with Crippen LogP contribution in [0.3, 0.4) is 0 Å². The zero-order chi connectivity index (χ0) is 21.5. The summed E-state index contributed by atoms with van der Waals surface area (Å²) in [6.45, 7) is 2.41. The molecule has 7 heteroatoms. The quantitative estimate of drug-likeness (QED) is 0.260. The first-order chi connectivity index (χ1) is 15.2. The summed E-state index contributed by atoms with van der Waals surface area (Å²) in [4.78, 5) is 14.0. The summed E-state index contributed by atoms with van der Waals surface area (Å²) in [6.07, 6.45) is 3.49. The lowest BCUT2D eigenvalue weighted by molar-refractivity contribution is 0.127. The zero-order valence-electron chi connectivity index (χ0n) is 17.1. The number of hydrogen-bond acceptors (Lipinski definition) is 6. The number of ether oxygens (including phenoxy) is 1. The number of nitrogens with zero attached hydrogens (tertiary/aromatic N) is 3. The summed E-state index contributed by atoms with van der Waals surface area (Å²) in [5.74, 6) is 2.15. The summed E-state index contributed by atoms with van der Waals surface area (Å²) < 4.78 is 11.5. The predicted octanol–water partition coefficient (Wildman–Crippen LogP) is 4.46. The molecule has 0 aliphatic heterocycles. The van der Waals surface area contributed by atoms with Gasteiger partial charge in [-0.1, -0.05) is 41.6 Å². The molecule has 0 saturated heterocycles. The third-order valence-corrected chi connectivity index (χ3v) is 4.54. The number of oxime groups is 1. The Morgan fingerprint density at radius 2 is 1.90 bits per heavy atom. The third-order valence-electron chi connectivity index (χ3n) is 4.54. The SMILES string of the molecule is Cc1oc(-c2ccccc2)nc1CO/N=C(/N)c1cccc(OCc2cccnc2)c1. The van der Waals surface area contributed by atoms with Gasteiger partial charge in [0.2, 0.25) is 5.89 Å². The van der Waals surface area contributed by atoms with Gasteiger partial charge in [-0.05, 0) is 37.3 Å². The van der Waals surface area contributed by atoms with Gasteiger partial charge in [0.25, 0.3) is 0 Å². The molecule has 0 unspecified atom stereocenters. The van der Waals surface area contributed by atoms with Gasteiger partial charge in [0.05, 0.1) is 0 Å². The maximum Gasteiger partial charge on any atom is 0.226 e. The highest BCUT2D eigenvalue weighted by Gasteiger charge is 2.12. The van der Waals surface area contributed by atoms with E-state index in [0.717, 1.165) is 11.1 Å². The molecule has 0 bridgehead atoms. The minimum absolute atomic E-state index is 0.153. The van der Waals surface area contributed by atoms with Gasteiger partial charge in [0.1, 0.15) is 23.8 Å². The number of aromatic nitrogens is 2. The highest BCUT2D eigenvalue weighted by molar-refractivity contribution is 5.97. The lowest BCUT2D eigenvalue weighted by Crippen LogP contribution is -2.14. The van der Waals surface area contributed by atoms with Crippen molar-refractivity contribution in [1.82, 2.24) is 9.97 Å². The van der Waals surface area contributed by atoms with Crippen LogP contribution in [-0.4, -0.2) is 15.8 Å². The molecule has 0 atom stereocenters. The van der Waals surface area contributed by atoms with E-state index >= 15 is 0 Å². The fourth-order valence-corrected chi connectivity index (χ4v) is 2.88. The van der Waals surface area contributed by atoms with Crippen LogP contribution in [0, 0.1) is 6.92 Å². The Kier molecular flexibility index (Phi) is 6.23. The molecule has 2 N–H and O–H groups in total. The van der Waals surface area contributed by atoms with Crippen molar-refractivity contribution in [3.05, 3.63) is 102 Å². The van der Waals surface area contributed by atoms with Crippen LogP contribution in [0.2, 0.25) is 0 Å². The average molecular weight is 414 g/mol. The number of pyridine rings is 1. The molecule has 0 fully saturated rings. The maximum absolute atomic E-state index is 6.09. The van der Waals surface area contributed by atoms with Crippen LogP contribution in [0.4, 0.5) is 0 Å². The Hall–Kier alpha value is -4.13. The highest BCUT2D eigenvalue weighted by atomic mass is 16.6. The first-order valence-corrected chi connectivity index (χ1v) is 9.78. The van der Waals surface area contributed by atoms with Crippen molar-refractivity contribution in [2.24, 2.45) is 10.9 Å². The van der Waals surface area contributed by atoms with E-state index < -0.39 is 0 Å². The predicted molar refractivity (Wildman–Crippen MR) is 117 cm³/mol. The third kappa shape index (κ3) is 5.27. The van der Waals surface area contributed by atoms with E-state index in [9.17, 15) is 0 Å². The molecule has 2 heterocycles. The topological polar surface area (TPSA) is 95.8 Å². The standard InChI is InChI=1S/C24H22N4O3/c1-17-22(27-24(31-17)19-8-3-2-4-9-19)16-30-28-23(25)20-10-5-11-21(13-20)29-15-18-7-6-12-26-14-18/h2-14H,15-16H2,1H3,(H2,25,28). The van der Waals surface area contributed by atoms with Gasteiger partial charge < -0.3 is 19.7 Å². The summed E-state index contributed by atoms with van der Waals surface area (Å²) in [5.41, 5.74) is 9.34. The first-order valence-electron chi connectivity index (χ1n) is 9.78. The molecule has 4 rings (SSSR count). The van der Waals surface area contributed by atoms with Crippen LogP contribution in [0.1, 0.15) is 22.6 Å². The van der Waals surface area contributed by atoms with Crippen LogP contribution < -0.4 is 10.5 Å². The smallest absolute Gasteiger partial charge is 0.226 e. The molecule has 0 aliphatic carbocycles. The number of benzene rings is 2. The van der Waals surface area contributed by atoms with Crippen LogP contribution >= 0.6 is 0 Å². The molecule has 0 spiro atoms. The molecule has 0 amide bonds. The van der Waals surface area contributed by atoms with E-state index in [0.29, 0.717) is 35.3 Å². The van der Waals surface area contributed by atoms with Gasteiger partial charge in [-0.25, -0.2) is 4.98 Å². The second-order valence-electron chi connectivity index (χ2n) is 6.82. The normalized spacial score (nSPS) is 11.3. The molecular weight excluding hydrogens is 392 g/mol. The number of aryl methyl sites for hydroxylation is 1. The fourth-order valence-electron chi connectivity index (χ4n) is 2.88. The van der Waals surface area contributed by atoms with E-state index in [1.807, 2.05) is 73.7 Å². The Balaban J connectivity index is 1.37. The van der Waals surface area contributed by atoms with Gasteiger partial charge >= 0.3 is 0 Å². The summed E-state index contributed by atoms with van der Waals surface area (Å²) >= 11 is 0. The number of rotatable bonds is 8. The second kappa shape index (κ2) is 9.58. The molecule has 0 saturated carbocycles. The van der Waals surface area contributed by atoms with Crippen molar-refractivity contribution < 1.29 is 14.0 Å². The van der Waals surface area contributed by atoms with E-state index in [1.165, 1.54) is 0 Å².